The van der Waals surface area contributed by atoms with Gasteiger partial charge in [-0.3, -0.25) is 4.79 Å². The number of nitrogens with zero attached hydrogens (tertiary/aromatic N) is 1. The van der Waals surface area contributed by atoms with Crippen molar-refractivity contribution in [2.75, 3.05) is 19.7 Å². The zero-order valence-electron chi connectivity index (χ0n) is 11.2. The largest absolute Gasteiger partial charge is 0.479 e. The van der Waals surface area contributed by atoms with E-state index in [9.17, 15) is 9.59 Å². The van der Waals surface area contributed by atoms with Crippen LogP contribution in [0.4, 0.5) is 0 Å². The summed E-state index contributed by atoms with van der Waals surface area (Å²) < 4.78 is 5.13. The standard InChI is InChI=1S/C13H23NO4/c1-3-5-10(6-4-2)12(15)14-7-8-18-11(9-14)13(16)17/h10-11H,3-9H2,1-2H3,(H,16,17). The third-order valence-electron chi connectivity index (χ3n) is 3.28. The van der Waals surface area contributed by atoms with Crippen LogP contribution < -0.4 is 0 Å². The van der Waals surface area contributed by atoms with Crippen LogP contribution in [0.3, 0.4) is 0 Å². The normalized spacial score (nSPS) is 20.2. The fourth-order valence-corrected chi connectivity index (χ4v) is 2.35. The number of aliphatic carboxylic acids is 1. The van der Waals surface area contributed by atoms with Crippen molar-refractivity contribution >= 4 is 11.9 Å². The second-order valence-electron chi connectivity index (χ2n) is 4.76. The first-order valence-electron chi connectivity index (χ1n) is 6.73. The van der Waals surface area contributed by atoms with E-state index in [-0.39, 0.29) is 18.4 Å². The molecule has 1 aliphatic rings. The Morgan fingerprint density at radius 3 is 2.44 bits per heavy atom. The Hall–Kier alpha value is -1.10. The Morgan fingerprint density at radius 1 is 1.33 bits per heavy atom. The molecule has 0 radical (unpaired) electrons. The second kappa shape index (κ2) is 7.36. The molecule has 18 heavy (non-hydrogen) atoms. The second-order valence-corrected chi connectivity index (χ2v) is 4.76. The van der Waals surface area contributed by atoms with Crippen molar-refractivity contribution in [1.82, 2.24) is 4.90 Å². The molecule has 1 N–H and O–H groups in total. The number of carbonyl (C=O) groups excluding carboxylic acids is 1. The van der Waals surface area contributed by atoms with Gasteiger partial charge in [-0.25, -0.2) is 4.79 Å². The van der Waals surface area contributed by atoms with E-state index in [2.05, 4.69) is 13.8 Å². The maximum atomic E-state index is 12.3. The highest BCUT2D eigenvalue weighted by Crippen LogP contribution is 2.18. The van der Waals surface area contributed by atoms with E-state index >= 15 is 0 Å². The van der Waals surface area contributed by atoms with Crippen molar-refractivity contribution in [3.63, 3.8) is 0 Å². The Bertz CT molecular complexity index is 287. The molecule has 0 aromatic rings. The molecule has 1 fully saturated rings. The Labute approximate surface area is 108 Å². The summed E-state index contributed by atoms with van der Waals surface area (Å²) in [6, 6.07) is 0. The van der Waals surface area contributed by atoms with Gasteiger partial charge in [0, 0.05) is 12.5 Å². The molecule has 0 aromatic carbocycles. The average Bonchev–Trinajstić information content (AvgIpc) is 2.38. The van der Waals surface area contributed by atoms with Crippen LogP contribution in [0.5, 0.6) is 0 Å². The highest BCUT2D eigenvalue weighted by atomic mass is 16.5. The molecule has 1 saturated heterocycles. The molecule has 0 saturated carbocycles. The van der Waals surface area contributed by atoms with Crippen LogP contribution in [0.15, 0.2) is 0 Å². The predicted octanol–water partition coefficient (Wildman–Crippen LogP) is 1.51. The molecule has 0 spiro atoms. The lowest BCUT2D eigenvalue weighted by Crippen LogP contribution is -2.50. The van der Waals surface area contributed by atoms with Gasteiger partial charge in [0.15, 0.2) is 6.10 Å². The maximum absolute atomic E-state index is 12.3. The van der Waals surface area contributed by atoms with E-state index in [4.69, 9.17) is 9.84 Å². The summed E-state index contributed by atoms with van der Waals surface area (Å²) in [6.07, 6.45) is 2.84. The smallest absolute Gasteiger partial charge is 0.334 e. The molecule has 5 nitrogen and oxygen atoms in total. The summed E-state index contributed by atoms with van der Waals surface area (Å²) in [5.74, 6) is -0.865. The number of carbonyl (C=O) groups is 2. The minimum Gasteiger partial charge on any atom is -0.479 e. The summed E-state index contributed by atoms with van der Waals surface area (Å²) in [5, 5.41) is 8.92. The van der Waals surface area contributed by atoms with Gasteiger partial charge in [0.2, 0.25) is 5.91 Å². The zero-order chi connectivity index (χ0) is 13.5. The van der Waals surface area contributed by atoms with Crippen LogP contribution in [0.25, 0.3) is 0 Å². The molecule has 104 valence electrons. The molecule has 1 unspecified atom stereocenters. The molecule has 1 atom stereocenters. The van der Waals surface area contributed by atoms with Crippen LogP contribution >= 0.6 is 0 Å². The van der Waals surface area contributed by atoms with Gasteiger partial charge in [-0.15, -0.1) is 0 Å². The topological polar surface area (TPSA) is 66.8 Å². The first kappa shape index (κ1) is 15.0. The van der Waals surface area contributed by atoms with Crippen LogP contribution in [-0.4, -0.2) is 47.7 Å². The number of hydrogen-bond acceptors (Lipinski definition) is 3. The molecule has 1 heterocycles. The van der Waals surface area contributed by atoms with Gasteiger partial charge in [-0.05, 0) is 12.8 Å². The van der Waals surface area contributed by atoms with Gasteiger partial charge >= 0.3 is 5.97 Å². The first-order valence-corrected chi connectivity index (χ1v) is 6.73. The zero-order valence-corrected chi connectivity index (χ0v) is 11.2. The highest BCUT2D eigenvalue weighted by Gasteiger charge is 2.31. The maximum Gasteiger partial charge on any atom is 0.334 e. The van der Waals surface area contributed by atoms with E-state index in [1.54, 1.807) is 4.90 Å². The molecule has 1 amide bonds. The SMILES string of the molecule is CCCC(CCC)C(=O)N1CCOC(C(=O)O)C1. The van der Waals surface area contributed by atoms with Gasteiger partial charge in [0.05, 0.1) is 13.2 Å². The van der Waals surface area contributed by atoms with Crippen molar-refractivity contribution in [3.8, 4) is 0 Å². The molecule has 0 aliphatic carbocycles. The number of carboxylic acid groups (broad SMARTS) is 1. The lowest BCUT2D eigenvalue weighted by atomic mass is 9.96. The van der Waals surface area contributed by atoms with Crippen molar-refractivity contribution in [3.05, 3.63) is 0 Å². The lowest BCUT2D eigenvalue weighted by Gasteiger charge is -2.33. The number of hydrogen-bond donors (Lipinski definition) is 1. The highest BCUT2D eigenvalue weighted by molar-refractivity contribution is 5.80. The molecule has 0 aromatic heterocycles. The van der Waals surface area contributed by atoms with E-state index in [1.165, 1.54) is 0 Å². The molecule has 1 aliphatic heterocycles. The van der Waals surface area contributed by atoms with E-state index in [0.717, 1.165) is 25.7 Å². The number of carboxylic acids is 1. The molecule has 5 heteroatoms. The summed E-state index contributed by atoms with van der Waals surface area (Å²) in [6.45, 7) is 5.13. The van der Waals surface area contributed by atoms with Gasteiger partial charge in [0.25, 0.3) is 0 Å². The van der Waals surface area contributed by atoms with Crippen molar-refractivity contribution in [2.24, 2.45) is 5.92 Å². The van der Waals surface area contributed by atoms with E-state index < -0.39 is 12.1 Å². The summed E-state index contributed by atoms with van der Waals surface area (Å²) in [5.41, 5.74) is 0. The van der Waals surface area contributed by atoms with Crippen LogP contribution in [-0.2, 0) is 14.3 Å². The van der Waals surface area contributed by atoms with Crippen LogP contribution in [0.2, 0.25) is 0 Å². The van der Waals surface area contributed by atoms with Crippen molar-refractivity contribution < 1.29 is 19.4 Å². The number of ether oxygens (including phenoxy) is 1. The third-order valence-corrected chi connectivity index (χ3v) is 3.28. The fourth-order valence-electron chi connectivity index (χ4n) is 2.35. The van der Waals surface area contributed by atoms with Gasteiger partial charge in [-0.1, -0.05) is 26.7 Å². The summed E-state index contributed by atoms with van der Waals surface area (Å²) >= 11 is 0. The Balaban J connectivity index is 2.60. The molecule has 1 rings (SSSR count). The molecule has 0 bridgehead atoms. The Morgan fingerprint density at radius 2 is 1.94 bits per heavy atom. The number of morpholine rings is 1. The minimum atomic E-state index is -0.991. The molecular weight excluding hydrogens is 234 g/mol. The molecular formula is C13H23NO4. The summed E-state index contributed by atoms with van der Waals surface area (Å²) in [7, 11) is 0. The third kappa shape index (κ3) is 3.98. The first-order chi connectivity index (χ1) is 8.60. The lowest BCUT2D eigenvalue weighted by molar-refractivity contribution is -0.160. The van der Waals surface area contributed by atoms with E-state index in [0.29, 0.717) is 13.2 Å². The van der Waals surface area contributed by atoms with Crippen LogP contribution in [0, 0.1) is 5.92 Å². The fraction of sp³-hybridized carbons (Fsp3) is 0.846. The van der Waals surface area contributed by atoms with Gasteiger partial charge < -0.3 is 14.7 Å². The Kier molecular flexibility index (Phi) is 6.12. The van der Waals surface area contributed by atoms with E-state index in [1.807, 2.05) is 0 Å². The summed E-state index contributed by atoms with van der Waals surface area (Å²) in [4.78, 5) is 24.9. The number of rotatable bonds is 6. The minimum absolute atomic E-state index is 0.0348. The monoisotopic (exact) mass is 257 g/mol. The van der Waals surface area contributed by atoms with Crippen molar-refractivity contribution in [2.45, 2.75) is 45.6 Å². The predicted molar refractivity (Wildman–Crippen MR) is 67.3 cm³/mol. The van der Waals surface area contributed by atoms with Crippen molar-refractivity contribution in [1.29, 1.82) is 0 Å². The van der Waals surface area contributed by atoms with Gasteiger partial charge in [-0.2, -0.15) is 0 Å². The quantitative estimate of drug-likeness (QED) is 0.783. The van der Waals surface area contributed by atoms with Gasteiger partial charge in [0.1, 0.15) is 0 Å². The number of amides is 1. The van der Waals surface area contributed by atoms with Crippen LogP contribution in [0.1, 0.15) is 39.5 Å². The average molecular weight is 257 g/mol.